The maximum atomic E-state index is 5.52. The van der Waals surface area contributed by atoms with Gasteiger partial charge in [-0.25, -0.2) is 4.98 Å². The van der Waals surface area contributed by atoms with E-state index in [1.807, 2.05) is 0 Å². The van der Waals surface area contributed by atoms with Crippen LogP contribution >= 0.6 is 0 Å². The van der Waals surface area contributed by atoms with Crippen LogP contribution in [-0.2, 0) is 11.8 Å². The Morgan fingerprint density at radius 2 is 2.14 bits per heavy atom. The summed E-state index contributed by atoms with van der Waals surface area (Å²) in [6.45, 7) is 0. The molecule has 0 saturated heterocycles. The highest BCUT2D eigenvalue weighted by atomic mass is 16.5. The summed E-state index contributed by atoms with van der Waals surface area (Å²) in [4.78, 5) is 12.8. The Morgan fingerprint density at radius 3 is 3.05 bits per heavy atom. The fraction of sp³-hybridized carbons (Fsp3) is 0.294. The Kier molecular flexibility index (Phi) is 2.31. The summed E-state index contributed by atoms with van der Waals surface area (Å²) in [6.07, 6.45) is 8.36. The van der Waals surface area contributed by atoms with Gasteiger partial charge in [0.25, 0.3) is 0 Å². The lowest BCUT2D eigenvalue weighted by Crippen LogP contribution is -2.04. The second kappa shape index (κ2) is 4.22. The first-order valence-electron chi connectivity index (χ1n) is 7.55. The predicted octanol–water partition coefficient (Wildman–Crippen LogP) is 2.90. The van der Waals surface area contributed by atoms with Gasteiger partial charge >= 0.3 is 0 Å². The Hall–Kier alpha value is -2.56. The van der Waals surface area contributed by atoms with E-state index in [2.05, 4.69) is 44.4 Å². The minimum atomic E-state index is 0.225. The number of nitrogens with zero attached hydrogens (tertiary/aromatic N) is 4. The van der Waals surface area contributed by atoms with Crippen molar-refractivity contribution in [3.05, 3.63) is 59.9 Å². The zero-order valence-corrected chi connectivity index (χ0v) is 11.9. The van der Waals surface area contributed by atoms with Gasteiger partial charge in [0.05, 0.1) is 6.20 Å². The Bertz CT molecular complexity index is 845. The zero-order chi connectivity index (χ0) is 14.6. The highest BCUT2D eigenvalue weighted by molar-refractivity contribution is 5.50. The average Bonchev–Trinajstić information content (AvgIpc) is 2.94. The van der Waals surface area contributed by atoms with Gasteiger partial charge in [-0.05, 0) is 30.4 Å². The number of benzene rings is 1. The van der Waals surface area contributed by atoms with Gasteiger partial charge in [-0.15, -0.1) is 0 Å². The molecule has 0 aliphatic heterocycles. The Balaban J connectivity index is 1.48. The van der Waals surface area contributed by atoms with Crippen molar-refractivity contribution in [3.63, 3.8) is 0 Å². The van der Waals surface area contributed by atoms with Crippen LogP contribution < -0.4 is 0 Å². The second-order valence-electron chi connectivity index (χ2n) is 6.12. The van der Waals surface area contributed by atoms with Crippen LogP contribution in [0.3, 0.4) is 0 Å². The van der Waals surface area contributed by atoms with Crippen LogP contribution in [-0.4, -0.2) is 20.1 Å². The predicted molar refractivity (Wildman–Crippen MR) is 79.1 cm³/mol. The van der Waals surface area contributed by atoms with Crippen LogP contribution in [0, 0.1) is 0 Å². The van der Waals surface area contributed by atoms with E-state index in [1.54, 1.807) is 18.6 Å². The molecule has 108 valence electrons. The third-order valence-electron chi connectivity index (χ3n) is 5.00. The summed E-state index contributed by atoms with van der Waals surface area (Å²) < 4.78 is 5.52. The molecule has 5 nitrogen and oxygen atoms in total. The van der Waals surface area contributed by atoms with Crippen LogP contribution in [0.25, 0.3) is 11.5 Å². The summed E-state index contributed by atoms with van der Waals surface area (Å²) in [5.74, 6) is 1.60. The van der Waals surface area contributed by atoms with Crippen LogP contribution in [0.15, 0.2) is 47.4 Å². The molecule has 2 atom stereocenters. The molecule has 0 unspecified atom stereocenters. The molecule has 2 heterocycles. The quantitative estimate of drug-likeness (QED) is 0.726. The maximum Gasteiger partial charge on any atom is 0.231 e. The molecular formula is C17H14N4O. The number of hydrogen-bond acceptors (Lipinski definition) is 5. The SMILES string of the molecule is c1ccc2c(c1)CC[C@@]21C[C@H]1c1nc(-c2cnccn2)no1. The fourth-order valence-corrected chi connectivity index (χ4v) is 3.81. The lowest BCUT2D eigenvalue weighted by atomic mass is 9.95. The van der Waals surface area contributed by atoms with Gasteiger partial charge in [-0.3, -0.25) is 4.98 Å². The first-order chi connectivity index (χ1) is 10.9. The van der Waals surface area contributed by atoms with Crippen molar-refractivity contribution in [1.82, 2.24) is 20.1 Å². The van der Waals surface area contributed by atoms with Gasteiger partial charge in [0.2, 0.25) is 11.7 Å². The topological polar surface area (TPSA) is 64.7 Å². The van der Waals surface area contributed by atoms with Crippen LogP contribution in [0.1, 0.15) is 35.8 Å². The molecule has 1 spiro atoms. The lowest BCUT2D eigenvalue weighted by Gasteiger charge is -2.08. The van der Waals surface area contributed by atoms with Gasteiger partial charge in [0.15, 0.2) is 0 Å². The number of rotatable bonds is 2. The van der Waals surface area contributed by atoms with E-state index in [4.69, 9.17) is 4.52 Å². The molecule has 1 fully saturated rings. The van der Waals surface area contributed by atoms with E-state index >= 15 is 0 Å². The summed E-state index contributed by atoms with van der Waals surface area (Å²) in [7, 11) is 0. The summed E-state index contributed by atoms with van der Waals surface area (Å²) in [5, 5.41) is 4.07. The highest BCUT2D eigenvalue weighted by Gasteiger charge is 2.61. The van der Waals surface area contributed by atoms with Crippen LogP contribution in [0.5, 0.6) is 0 Å². The average molecular weight is 290 g/mol. The molecule has 3 aromatic rings. The molecule has 0 bridgehead atoms. The molecule has 1 aromatic carbocycles. The first kappa shape index (κ1) is 12.0. The third-order valence-corrected chi connectivity index (χ3v) is 5.00. The number of fused-ring (bicyclic) bond motifs is 2. The van der Waals surface area contributed by atoms with E-state index in [1.165, 1.54) is 17.5 Å². The van der Waals surface area contributed by atoms with Crippen molar-refractivity contribution >= 4 is 0 Å². The van der Waals surface area contributed by atoms with Crippen molar-refractivity contribution in [2.24, 2.45) is 0 Å². The molecule has 0 N–H and O–H groups in total. The minimum Gasteiger partial charge on any atom is -0.339 e. The zero-order valence-electron chi connectivity index (χ0n) is 11.9. The summed E-state index contributed by atoms with van der Waals surface area (Å²) in [6, 6.07) is 8.73. The summed E-state index contributed by atoms with van der Waals surface area (Å²) in [5.41, 5.74) is 3.82. The largest absolute Gasteiger partial charge is 0.339 e. The van der Waals surface area contributed by atoms with E-state index in [0.29, 0.717) is 17.4 Å². The fourth-order valence-electron chi connectivity index (χ4n) is 3.81. The van der Waals surface area contributed by atoms with E-state index in [9.17, 15) is 0 Å². The monoisotopic (exact) mass is 290 g/mol. The third kappa shape index (κ3) is 1.59. The van der Waals surface area contributed by atoms with E-state index in [0.717, 1.165) is 18.7 Å². The van der Waals surface area contributed by atoms with Gasteiger partial charge in [-0.1, -0.05) is 29.4 Å². The molecule has 2 aliphatic carbocycles. The van der Waals surface area contributed by atoms with Crippen molar-refractivity contribution in [1.29, 1.82) is 0 Å². The van der Waals surface area contributed by atoms with Gasteiger partial charge < -0.3 is 4.52 Å². The molecule has 0 amide bonds. The van der Waals surface area contributed by atoms with Crippen molar-refractivity contribution < 1.29 is 4.52 Å². The Morgan fingerprint density at radius 1 is 1.18 bits per heavy atom. The number of aromatic nitrogens is 4. The van der Waals surface area contributed by atoms with Crippen molar-refractivity contribution in [3.8, 4) is 11.5 Å². The highest BCUT2D eigenvalue weighted by Crippen LogP contribution is 2.65. The molecule has 5 heteroatoms. The number of aryl methyl sites for hydroxylation is 1. The number of hydrogen-bond donors (Lipinski definition) is 0. The molecule has 1 saturated carbocycles. The van der Waals surface area contributed by atoms with E-state index < -0.39 is 0 Å². The first-order valence-corrected chi connectivity index (χ1v) is 7.55. The summed E-state index contributed by atoms with van der Waals surface area (Å²) >= 11 is 0. The normalized spacial score (nSPS) is 25.4. The maximum absolute atomic E-state index is 5.52. The van der Waals surface area contributed by atoms with Crippen LogP contribution in [0.4, 0.5) is 0 Å². The van der Waals surface area contributed by atoms with Crippen LogP contribution in [0.2, 0.25) is 0 Å². The molecule has 22 heavy (non-hydrogen) atoms. The van der Waals surface area contributed by atoms with Gasteiger partial charge in [0.1, 0.15) is 5.69 Å². The lowest BCUT2D eigenvalue weighted by molar-refractivity contribution is 0.372. The van der Waals surface area contributed by atoms with Gasteiger partial charge in [-0.2, -0.15) is 4.98 Å². The van der Waals surface area contributed by atoms with Crippen molar-refractivity contribution in [2.45, 2.75) is 30.6 Å². The molecule has 2 aromatic heterocycles. The van der Waals surface area contributed by atoms with Gasteiger partial charge in [0, 0.05) is 23.7 Å². The smallest absolute Gasteiger partial charge is 0.231 e. The second-order valence-corrected chi connectivity index (χ2v) is 6.12. The molecular weight excluding hydrogens is 276 g/mol. The van der Waals surface area contributed by atoms with Crippen molar-refractivity contribution in [2.75, 3.05) is 0 Å². The molecule has 2 aliphatic rings. The van der Waals surface area contributed by atoms with E-state index in [-0.39, 0.29) is 5.41 Å². The molecule has 0 radical (unpaired) electrons. The minimum absolute atomic E-state index is 0.225. The standard InChI is InChI=1S/C17H14N4O/c1-2-4-12-11(3-1)5-6-17(12)9-13(17)16-20-15(21-22-16)14-10-18-7-8-19-14/h1-4,7-8,10,13H,5-6,9H2/t13-,17+/m0/s1. The Labute approximate surface area is 127 Å². The molecule has 5 rings (SSSR count).